The fourth-order valence-corrected chi connectivity index (χ4v) is 3.36. The van der Waals surface area contributed by atoms with Crippen molar-refractivity contribution in [3.8, 4) is 0 Å². The number of carbonyl (C=O) groups excluding carboxylic acids is 1. The number of hydrogen-bond acceptors (Lipinski definition) is 5. The highest BCUT2D eigenvalue weighted by Crippen LogP contribution is 2.19. The highest BCUT2D eigenvalue weighted by molar-refractivity contribution is 7.91. The summed E-state index contributed by atoms with van der Waals surface area (Å²) >= 11 is 0.934. The number of rotatable bonds is 6. The van der Waals surface area contributed by atoms with Crippen LogP contribution in [0.2, 0.25) is 0 Å². The monoisotopic (exact) mass is 328 g/mol. The van der Waals surface area contributed by atoms with Gasteiger partial charge in [-0.15, -0.1) is 11.3 Å². The summed E-state index contributed by atoms with van der Waals surface area (Å²) in [4.78, 5) is 12.0. The standard InChI is InChI=1S/C13H16N2O4S2/c1-9(4-5-11-3-2-6-19-11)15-13(16)10-7-12(20-8-10)21(14,17)18/h2-3,6-9H,4-5H2,1H3,(H,15,16)(H2,14,17,18)/t9-/m0/s1. The Hall–Kier alpha value is -1.64. The van der Waals surface area contributed by atoms with Crippen molar-refractivity contribution < 1.29 is 17.6 Å². The number of hydrogen-bond donors (Lipinski definition) is 2. The van der Waals surface area contributed by atoms with Crippen LogP contribution in [-0.4, -0.2) is 20.4 Å². The summed E-state index contributed by atoms with van der Waals surface area (Å²) in [6.45, 7) is 1.88. The normalized spacial score (nSPS) is 13.0. The van der Waals surface area contributed by atoms with E-state index < -0.39 is 10.0 Å². The largest absolute Gasteiger partial charge is 0.469 e. The van der Waals surface area contributed by atoms with Gasteiger partial charge in [-0.3, -0.25) is 4.79 Å². The van der Waals surface area contributed by atoms with Gasteiger partial charge in [0.1, 0.15) is 9.97 Å². The fourth-order valence-electron chi connectivity index (χ4n) is 1.78. The zero-order valence-electron chi connectivity index (χ0n) is 11.4. The topological polar surface area (TPSA) is 102 Å². The smallest absolute Gasteiger partial charge is 0.252 e. The van der Waals surface area contributed by atoms with Crippen LogP contribution in [0.4, 0.5) is 0 Å². The molecule has 0 spiro atoms. The van der Waals surface area contributed by atoms with Crippen molar-refractivity contribution in [1.29, 1.82) is 0 Å². The molecule has 1 atom stereocenters. The Morgan fingerprint density at radius 2 is 2.29 bits per heavy atom. The Balaban J connectivity index is 1.90. The average molecular weight is 328 g/mol. The van der Waals surface area contributed by atoms with E-state index in [9.17, 15) is 13.2 Å². The number of carbonyl (C=O) groups is 1. The second kappa shape index (κ2) is 6.42. The number of nitrogens with one attached hydrogen (secondary N) is 1. The Kier molecular flexibility index (Phi) is 4.81. The van der Waals surface area contributed by atoms with Gasteiger partial charge in [0.2, 0.25) is 10.0 Å². The van der Waals surface area contributed by atoms with Crippen LogP contribution < -0.4 is 10.5 Å². The van der Waals surface area contributed by atoms with Crippen LogP contribution >= 0.6 is 11.3 Å². The predicted octanol–water partition coefficient (Wildman–Crippen LogP) is 1.74. The van der Waals surface area contributed by atoms with Crippen molar-refractivity contribution in [2.75, 3.05) is 0 Å². The molecular weight excluding hydrogens is 312 g/mol. The zero-order chi connectivity index (χ0) is 15.5. The first-order valence-corrected chi connectivity index (χ1v) is 8.73. The first kappa shape index (κ1) is 15.7. The molecule has 0 bridgehead atoms. The number of sulfonamides is 1. The number of nitrogens with two attached hydrogens (primary N) is 1. The summed E-state index contributed by atoms with van der Waals surface area (Å²) in [5.74, 6) is 0.552. The van der Waals surface area contributed by atoms with Crippen LogP contribution in [0.1, 0.15) is 29.5 Å². The summed E-state index contributed by atoms with van der Waals surface area (Å²) < 4.78 is 27.5. The molecule has 0 unspecified atom stereocenters. The van der Waals surface area contributed by atoms with E-state index in [1.54, 1.807) is 6.26 Å². The van der Waals surface area contributed by atoms with Crippen LogP contribution in [0.25, 0.3) is 0 Å². The lowest BCUT2D eigenvalue weighted by Gasteiger charge is -2.12. The zero-order valence-corrected chi connectivity index (χ0v) is 13.0. The maximum atomic E-state index is 12.0. The minimum Gasteiger partial charge on any atom is -0.469 e. The van der Waals surface area contributed by atoms with Gasteiger partial charge in [-0.25, -0.2) is 13.6 Å². The molecule has 114 valence electrons. The molecular formula is C13H16N2O4S2. The molecule has 0 aliphatic rings. The summed E-state index contributed by atoms with van der Waals surface area (Å²) in [5.41, 5.74) is 0.300. The van der Waals surface area contributed by atoms with Crippen LogP contribution in [0.3, 0.4) is 0 Å². The molecule has 3 N–H and O–H groups in total. The van der Waals surface area contributed by atoms with Crippen molar-refractivity contribution in [1.82, 2.24) is 5.32 Å². The molecule has 0 aliphatic heterocycles. The van der Waals surface area contributed by atoms with Crippen LogP contribution in [0.15, 0.2) is 38.5 Å². The number of thiophene rings is 1. The minimum absolute atomic E-state index is 0.0177. The van der Waals surface area contributed by atoms with Gasteiger partial charge in [-0.05, 0) is 31.5 Å². The van der Waals surface area contributed by atoms with Crippen LogP contribution in [0, 0.1) is 0 Å². The molecule has 1 amide bonds. The quantitative estimate of drug-likeness (QED) is 0.843. The predicted molar refractivity (Wildman–Crippen MR) is 79.6 cm³/mol. The molecule has 8 heteroatoms. The lowest BCUT2D eigenvalue weighted by molar-refractivity contribution is 0.0938. The second-order valence-corrected chi connectivity index (χ2v) is 7.39. The van der Waals surface area contributed by atoms with E-state index in [0.29, 0.717) is 5.56 Å². The Labute approximate surface area is 127 Å². The molecule has 2 aromatic rings. The maximum Gasteiger partial charge on any atom is 0.252 e. The van der Waals surface area contributed by atoms with Crippen molar-refractivity contribution in [2.45, 2.75) is 30.0 Å². The summed E-state index contributed by atoms with van der Waals surface area (Å²) in [7, 11) is -3.76. The van der Waals surface area contributed by atoms with Crippen molar-refractivity contribution in [3.63, 3.8) is 0 Å². The first-order chi connectivity index (χ1) is 9.86. The number of aryl methyl sites for hydroxylation is 1. The Bertz CT molecular complexity index is 704. The third kappa shape index (κ3) is 4.42. The molecule has 0 saturated heterocycles. The molecule has 2 aromatic heterocycles. The van der Waals surface area contributed by atoms with Gasteiger partial charge in [0.15, 0.2) is 0 Å². The van der Waals surface area contributed by atoms with E-state index in [1.165, 1.54) is 11.4 Å². The third-order valence-corrected chi connectivity index (χ3v) is 5.29. The van der Waals surface area contributed by atoms with Gasteiger partial charge in [0, 0.05) is 17.8 Å². The van der Waals surface area contributed by atoms with E-state index >= 15 is 0 Å². The van der Waals surface area contributed by atoms with E-state index in [0.717, 1.165) is 29.9 Å². The highest BCUT2D eigenvalue weighted by Gasteiger charge is 2.16. The van der Waals surface area contributed by atoms with Gasteiger partial charge in [-0.2, -0.15) is 0 Å². The summed E-state index contributed by atoms with van der Waals surface area (Å²) in [5, 5.41) is 9.31. The van der Waals surface area contributed by atoms with Gasteiger partial charge >= 0.3 is 0 Å². The van der Waals surface area contributed by atoms with Gasteiger partial charge < -0.3 is 9.73 Å². The molecule has 2 rings (SSSR count). The highest BCUT2D eigenvalue weighted by atomic mass is 32.2. The van der Waals surface area contributed by atoms with Gasteiger partial charge in [-0.1, -0.05) is 0 Å². The average Bonchev–Trinajstić information content (AvgIpc) is 3.07. The maximum absolute atomic E-state index is 12.0. The molecule has 0 aromatic carbocycles. The molecule has 0 aliphatic carbocycles. The molecule has 21 heavy (non-hydrogen) atoms. The second-order valence-electron chi connectivity index (χ2n) is 4.69. The van der Waals surface area contributed by atoms with Crippen molar-refractivity contribution in [3.05, 3.63) is 41.2 Å². The minimum atomic E-state index is -3.76. The number of furan rings is 1. The van der Waals surface area contributed by atoms with Crippen LogP contribution in [-0.2, 0) is 16.4 Å². The lowest BCUT2D eigenvalue weighted by Crippen LogP contribution is -2.32. The molecule has 2 heterocycles. The number of primary sulfonamides is 1. The Morgan fingerprint density at radius 3 is 2.86 bits per heavy atom. The van der Waals surface area contributed by atoms with Crippen molar-refractivity contribution >= 4 is 27.3 Å². The molecule has 0 radical (unpaired) electrons. The van der Waals surface area contributed by atoms with E-state index in [4.69, 9.17) is 9.56 Å². The third-order valence-electron chi connectivity index (χ3n) is 2.90. The molecule has 6 nitrogen and oxygen atoms in total. The van der Waals surface area contributed by atoms with Crippen molar-refractivity contribution in [2.24, 2.45) is 5.14 Å². The first-order valence-electron chi connectivity index (χ1n) is 6.31. The summed E-state index contributed by atoms with van der Waals surface area (Å²) in [6.07, 6.45) is 3.06. The molecule has 0 fully saturated rings. The Morgan fingerprint density at radius 1 is 1.52 bits per heavy atom. The van der Waals surface area contributed by atoms with Gasteiger partial charge in [0.25, 0.3) is 5.91 Å². The lowest BCUT2D eigenvalue weighted by atomic mass is 10.1. The van der Waals surface area contributed by atoms with E-state index in [2.05, 4.69) is 5.32 Å². The number of amides is 1. The summed E-state index contributed by atoms with van der Waals surface area (Å²) in [6, 6.07) is 4.93. The van der Waals surface area contributed by atoms with E-state index in [-0.39, 0.29) is 16.2 Å². The van der Waals surface area contributed by atoms with Gasteiger partial charge in [0.05, 0.1) is 11.8 Å². The van der Waals surface area contributed by atoms with E-state index in [1.807, 2.05) is 19.1 Å². The fraction of sp³-hybridized carbons (Fsp3) is 0.308. The van der Waals surface area contributed by atoms with Crippen LogP contribution in [0.5, 0.6) is 0 Å². The SMILES string of the molecule is C[C@@H](CCc1ccco1)NC(=O)c1csc(S(N)(=O)=O)c1. The molecule has 0 saturated carbocycles.